The number of ether oxygens (including phenoxy) is 2. The molecule has 4 heteroatoms. The lowest BCUT2D eigenvalue weighted by atomic mass is 10.0. The first-order valence-corrected chi connectivity index (χ1v) is 15.7. The number of rotatable bonds is 21. The summed E-state index contributed by atoms with van der Waals surface area (Å²) in [4.78, 5) is 13.0. The van der Waals surface area contributed by atoms with E-state index in [1.54, 1.807) is 0 Å². The molecule has 2 rings (SSSR count). The van der Waals surface area contributed by atoms with Gasteiger partial charge in [-0.1, -0.05) is 127 Å². The molecule has 0 aliphatic heterocycles. The first-order valence-electron chi connectivity index (χ1n) is 15.7. The molecule has 0 aliphatic carbocycles. The molecular weight excluding hydrogens is 482 g/mol. The van der Waals surface area contributed by atoms with Gasteiger partial charge in [-0.05, 0) is 37.5 Å². The summed E-state index contributed by atoms with van der Waals surface area (Å²) in [6, 6.07) is 18.3. The summed E-state index contributed by atoms with van der Waals surface area (Å²) in [7, 11) is 4.13. The van der Waals surface area contributed by atoms with Gasteiger partial charge in [-0.25, -0.2) is 4.79 Å². The molecule has 2 atom stereocenters. The quantitative estimate of drug-likeness (QED) is 0.0687. The predicted molar refractivity (Wildman–Crippen MR) is 164 cm³/mol. The Morgan fingerprint density at radius 3 is 1.79 bits per heavy atom. The molecule has 0 bridgehead atoms. The molecule has 0 fully saturated rings. The van der Waals surface area contributed by atoms with Crippen LogP contribution in [0.4, 0.5) is 0 Å². The van der Waals surface area contributed by atoms with Crippen LogP contribution in [0.2, 0.25) is 0 Å². The normalized spacial score (nSPS) is 13.2. The average Bonchev–Trinajstić information content (AvgIpc) is 2.94. The number of quaternary nitrogens is 1. The van der Waals surface area contributed by atoms with E-state index >= 15 is 0 Å². The smallest absolute Gasteiger partial charge is 0.367 e. The fourth-order valence-corrected chi connectivity index (χ4v) is 4.95. The van der Waals surface area contributed by atoms with Crippen molar-refractivity contribution >= 4 is 5.97 Å². The second-order valence-electron chi connectivity index (χ2n) is 11.8. The fourth-order valence-electron chi connectivity index (χ4n) is 4.95. The van der Waals surface area contributed by atoms with Crippen LogP contribution >= 0.6 is 0 Å². The van der Waals surface area contributed by atoms with Crippen molar-refractivity contribution in [3.8, 4) is 5.75 Å². The Kier molecular flexibility index (Phi) is 15.9. The van der Waals surface area contributed by atoms with Crippen molar-refractivity contribution in [1.82, 2.24) is 0 Å². The van der Waals surface area contributed by atoms with E-state index in [1.165, 1.54) is 88.2 Å². The zero-order chi connectivity index (χ0) is 28.3. The van der Waals surface area contributed by atoms with Gasteiger partial charge in [0.25, 0.3) is 0 Å². The molecule has 218 valence electrons. The minimum atomic E-state index is -0.584. The number of aryl methyl sites for hydroxylation is 1. The average molecular weight is 539 g/mol. The van der Waals surface area contributed by atoms with Gasteiger partial charge < -0.3 is 14.0 Å². The molecule has 2 aromatic rings. The van der Waals surface area contributed by atoms with Crippen LogP contribution in [0.15, 0.2) is 54.6 Å². The van der Waals surface area contributed by atoms with Gasteiger partial charge in [0.05, 0.1) is 14.1 Å². The third-order valence-electron chi connectivity index (χ3n) is 7.91. The van der Waals surface area contributed by atoms with Crippen LogP contribution in [0.25, 0.3) is 0 Å². The van der Waals surface area contributed by atoms with E-state index in [0.717, 1.165) is 18.7 Å². The Labute approximate surface area is 239 Å². The zero-order valence-corrected chi connectivity index (χ0v) is 25.6. The SMILES string of the molecule is CCCCCCCCCCCCCCc1ccc(OC(CC)OC(=O)C(C)[N+](C)(C)Cc2ccccc2)cc1. The van der Waals surface area contributed by atoms with E-state index in [9.17, 15) is 4.79 Å². The van der Waals surface area contributed by atoms with Gasteiger partial charge in [-0.15, -0.1) is 0 Å². The second kappa shape index (κ2) is 18.9. The van der Waals surface area contributed by atoms with E-state index in [0.29, 0.717) is 10.9 Å². The third-order valence-corrected chi connectivity index (χ3v) is 7.91. The number of nitrogens with zero attached hydrogens (tertiary/aromatic N) is 1. The maximum absolute atomic E-state index is 13.0. The van der Waals surface area contributed by atoms with Gasteiger partial charge in [0.15, 0.2) is 6.04 Å². The number of hydrogen-bond acceptors (Lipinski definition) is 3. The molecular formula is C35H56NO3+. The molecule has 0 radical (unpaired) electrons. The highest BCUT2D eigenvalue weighted by atomic mass is 16.7. The predicted octanol–water partition coefficient (Wildman–Crippen LogP) is 9.25. The van der Waals surface area contributed by atoms with Gasteiger partial charge >= 0.3 is 5.97 Å². The Morgan fingerprint density at radius 1 is 0.718 bits per heavy atom. The van der Waals surface area contributed by atoms with Crippen molar-refractivity contribution in [3.63, 3.8) is 0 Å². The summed E-state index contributed by atoms with van der Waals surface area (Å²) in [6.07, 6.45) is 17.6. The van der Waals surface area contributed by atoms with Crippen molar-refractivity contribution in [2.75, 3.05) is 14.1 Å². The molecule has 0 aromatic heterocycles. The topological polar surface area (TPSA) is 35.5 Å². The van der Waals surface area contributed by atoms with Crippen molar-refractivity contribution in [2.45, 2.75) is 130 Å². The van der Waals surface area contributed by atoms with Crippen LogP contribution in [-0.2, 0) is 22.5 Å². The largest absolute Gasteiger partial charge is 0.455 e. The van der Waals surface area contributed by atoms with Gasteiger partial charge in [0.1, 0.15) is 12.3 Å². The highest BCUT2D eigenvalue weighted by Crippen LogP contribution is 2.20. The van der Waals surface area contributed by atoms with Crippen molar-refractivity contribution in [3.05, 3.63) is 65.7 Å². The van der Waals surface area contributed by atoms with E-state index in [2.05, 4.69) is 45.3 Å². The molecule has 39 heavy (non-hydrogen) atoms. The Morgan fingerprint density at radius 2 is 1.26 bits per heavy atom. The second-order valence-corrected chi connectivity index (χ2v) is 11.8. The molecule has 0 aliphatic rings. The number of esters is 1. The molecule has 0 N–H and O–H groups in total. The van der Waals surface area contributed by atoms with E-state index in [1.807, 2.05) is 44.2 Å². The first kappa shape index (κ1) is 32.9. The molecule has 0 heterocycles. The van der Waals surface area contributed by atoms with Gasteiger partial charge in [-0.3, -0.25) is 0 Å². The van der Waals surface area contributed by atoms with E-state index in [-0.39, 0.29) is 12.0 Å². The highest BCUT2D eigenvalue weighted by Gasteiger charge is 2.33. The molecule has 2 unspecified atom stereocenters. The zero-order valence-electron chi connectivity index (χ0n) is 25.6. The first-order chi connectivity index (χ1) is 18.9. The maximum atomic E-state index is 13.0. The van der Waals surface area contributed by atoms with E-state index in [4.69, 9.17) is 9.47 Å². The lowest BCUT2D eigenvalue weighted by Crippen LogP contribution is -2.52. The molecule has 0 saturated heterocycles. The third kappa shape index (κ3) is 13.5. The minimum Gasteiger partial charge on any atom is -0.455 e. The summed E-state index contributed by atoms with van der Waals surface area (Å²) in [5, 5.41) is 0. The summed E-state index contributed by atoms with van der Waals surface area (Å²) < 4.78 is 12.3. The Balaban J connectivity index is 1.65. The number of likely N-dealkylation sites (N-methyl/N-ethyl adjacent to an activating group) is 1. The maximum Gasteiger partial charge on any atom is 0.367 e. The van der Waals surface area contributed by atoms with E-state index < -0.39 is 6.29 Å². The van der Waals surface area contributed by atoms with Gasteiger partial charge in [0, 0.05) is 12.0 Å². The Bertz CT molecular complexity index is 894. The van der Waals surface area contributed by atoms with Crippen LogP contribution in [0.3, 0.4) is 0 Å². The number of carbonyl (C=O) groups is 1. The molecule has 4 nitrogen and oxygen atoms in total. The standard InChI is InChI=1S/C35H56NO3/c1-6-8-9-10-11-12-13-14-15-16-17-19-22-31-25-27-33(28-26-31)38-34(7-2)39-35(37)30(3)36(4,5)29-32-23-20-18-21-24-32/h18,20-21,23-28,30,34H,6-17,19,22,29H2,1-5H3/q+1. The number of hydrogen-bond donors (Lipinski definition) is 0. The fraction of sp³-hybridized carbons (Fsp3) is 0.629. The van der Waals surface area contributed by atoms with Crippen LogP contribution in [0.5, 0.6) is 5.75 Å². The van der Waals surface area contributed by atoms with Crippen LogP contribution in [-0.4, -0.2) is 36.9 Å². The lowest BCUT2D eigenvalue weighted by Gasteiger charge is -2.35. The van der Waals surface area contributed by atoms with Crippen LogP contribution in [0, 0.1) is 0 Å². The molecule has 0 saturated carbocycles. The number of carbonyl (C=O) groups excluding carboxylic acids is 1. The van der Waals surface area contributed by atoms with Crippen molar-refractivity contribution in [2.24, 2.45) is 0 Å². The Hall–Kier alpha value is -2.33. The number of benzene rings is 2. The highest BCUT2D eigenvalue weighted by molar-refractivity contribution is 5.74. The minimum absolute atomic E-state index is 0.230. The summed E-state index contributed by atoms with van der Waals surface area (Å²) >= 11 is 0. The van der Waals surface area contributed by atoms with Crippen LogP contribution in [0.1, 0.15) is 115 Å². The molecule has 2 aromatic carbocycles. The van der Waals surface area contributed by atoms with Crippen molar-refractivity contribution < 1.29 is 18.8 Å². The lowest BCUT2D eigenvalue weighted by molar-refractivity contribution is -0.917. The van der Waals surface area contributed by atoms with Gasteiger partial charge in [0.2, 0.25) is 6.29 Å². The monoisotopic (exact) mass is 538 g/mol. The van der Waals surface area contributed by atoms with Gasteiger partial charge in [-0.2, -0.15) is 0 Å². The molecule has 0 spiro atoms. The van der Waals surface area contributed by atoms with Crippen LogP contribution < -0.4 is 4.74 Å². The summed E-state index contributed by atoms with van der Waals surface area (Å²) in [5.74, 6) is 0.519. The summed E-state index contributed by atoms with van der Waals surface area (Å²) in [5.41, 5.74) is 2.54. The summed E-state index contributed by atoms with van der Waals surface area (Å²) in [6.45, 7) is 6.95. The number of unbranched alkanes of at least 4 members (excludes halogenated alkanes) is 11. The molecule has 0 amide bonds. The van der Waals surface area contributed by atoms with Crippen molar-refractivity contribution in [1.29, 1.82) is 0 Å².